The van der Waals surface area contributed by atoms with Gasteiger partial charge in [-0.05, 0) is 33.3 Å². The number of ether oxygens (including phenoxy) is 1. The summed E-state index contributed by atoms with van der Waals surface area (Å²) in [4.78, 5) is 11.5. The number of carbonyl (C=O) groups is 1. The number of aryl methyl sites for hydroxylation is 2. The van der Waals surface area contributed by atoms with Gasteiger partial charge in [0.1, 0.15) is 5.60 Å². The summed E-state index contributed by atoms with van der Waals surface area (Å²) in [7, 11) is 1.83. The van der Waals surface area contributed by atoms with Crippen LogP contribution >= 0.6 is 0 Å². The fourth-order valence-corrected chi connectivity index (χ4v) is 1.69. The van der Waals surface area contributed by atoms with E-state index in [2.05, 4.69) is 10.4 Å². The minimum atomic E-state index is -0.503. The summed E-state index contributed by atoms with van der Waals surface area (Å²) < 4.78 is 6.86. The van der Waals surface area contributed by atoms with Crippen molar-refractivity contribution in [1.29, 1.82) is 0 Å². The summed E-state index contributed by atoms with van der Waals surface area (Å²) in [5.41, 5.74) is 7.44. The molecule has 0 spiro atoms. The molecule has 1 heterocycles. The minimum absolute atomic E-state index is 0.301. The highest BCUT2D eigenvalue weighted by Gasteiger charge is 2.18. The lowest BCUT2D eigenvalue weighted by Crippen LogP contribution is -2.37. The first kappa shape index (κ1) is 14.5. The number of hydrogen-bond acceptors (Lipinski definition) is 4. The van der Waals surface area contributed by atoms with Gasteiger partial charge in [-0.15, -0.1) is 0 Å². The first-order valence-corrected chi connectivity index (χ1v) is 5.91. The van der Waals surface area contributed by atoms with Crippen LogP contribution in [0.15, 0.2) is 6.20 Å². The van der Waals surface area contributed by atoms with Crippen LogP contribution in [-0.4, -0.2) is 28.0 Å². The van der Waals surface area contributed by atoms with Crippen molar-refractivity contribution >= 4 is 6.09 Å². The van der Waals surface area contributed by atoms with Crippen LogP contribution in [0.1, 0.15) is 38.1 Å². The quantitative estimate of drug-likeness (QED) is 0.850. The van der Waals surface area contributed by atoms with E-state index in [1.807, 2.05) is 34.7 Å². The van der Waals surface area contributed by atoms with Crippen LogP contribution in [-0.2, 0) is 11.8 Å². The molecule has 6 nitrogen and oxygen atoms in total. The maximum Gasteiger partial charge on any atom is 0.407 e. The topological polar surface area (TPSA) is 82.2 Å². The molecule has 1 aromatic rings. The number of hydrogen-bond donors (Lipinski definition) is 2. The molecule has 102 valence electrons. The lowest BCUT2D eigenvalue weighted by Gasteiger charge is -2.21. The lowest BCUT2D eigenvalue weighted by atomic mass is 10.1. The summed E-state index contributed by atoms with van der Waals surface area (Å²) in [6.07, 6.45) is 1.29. The molecule has 6 heteroatoms. The number of rotatable bonds is 3. The Morgan fingerprint density at radius 2 is 2.22 bits per heavy atom. The van der Waals surface area contributed by atoms with Crippen LogP contribution in [0.2, 0.25) is 0 Å². The maximum atomic E-state index is 11.5. The molecule has 0 aliphatic carbocycles. The molecule has 0 radical (unpaired) electrons. The van der Waals surface area contributed by atoms with Gasteiger partial charge >= 0.3 is 6.09 Å². The van der Waals surface area contributed by atoms with Crippen molar-refractivity contribution in [3.63, 3.8) is 0 Å². The number of nitrogens with zero attached hydrogens (tertiary/aromatic N) is 2. The second kappa shape index (κ2) is 5.39. The zero-order valence-electron chi connectivity index (χ0n) is 11.7. The van der Waals surface area contributed by atoms with E-state index < -0.39 is 11.7 Å². The van der Waals surface area contributed by atoms with Crippen molar-refractivity contribution in [2.75, 3.05) is 6.54 Å². The smallest absolute Gasteiger partial charge is 0.407 e. The van der Waals surface area contributed by atoms with Crippen LogP contribution in [0.3, 0.4) is 0 Å². The highest BCUT2D eigenvalue weighted by atomic mass is 16.6. The average Bonchev–Trinajstić information content (AvgIpc) is 2.53. The zero-order chi connectivity index (χ0) is 13.9. The predicted octanol–water partition coefficient (Wildman–Crippen LogP) is 1.25. The molecule has 1 atom stereocenters. The molecule has 0 saturated heterocycles. The lowest BCUT2D eigenvalue weighted by molar-refractivity contribution is 0.0524. The normalized spacial score (nSPS) is 13.2. The molecule has 0 bridgehead atoms. The standard InChI is InChI=1S/C12H22N4O2/c1-8-6-15-16(5)10(8)9(13)7-14-11(17)18-12(2,3)4/h6,9H,7,13H2,1-5H3,(H,14,17). The highest BCUT2D eigenvalue weighted by Crippen LogP contribution is 2.13. The van der Waals surface area contributed by atoms with Gasteiger partial charge in [-0.3, -0.25) is 4.68 Å². The average molecular weight is 254 g/mol. The van der Waals surface area contributed by atoms with Gasteiger partial charge in [-0.25, -0.2) is 4.79 Å². The number of carbonyl (C=O) groups excluding carboxylic acids is 1. The maximum absolute atomic E-state index is 11.5. The molecule has 0 saturated carbocycles. The third-order valence-electron chi connectivity index (χ3n) is 2.39. The van der Waals surface area contributed by atoms with Gasteiger partial charge in [0, 0.05) is 13.6 Å². The van der Waals surface area contributed by atoms with E-state index in [0.717, 1.165) is 11.3 Å². The number of aromatic nitrogens is 2. The number of nitrogens with two attached hydrogens (primary N) is 1. The van der Waals surface area contributed by atoms with E-state index >= 15 is 0 Å². The van der Waals surface area contributed by atoms with E-state index in [9.17, 15) is 4.79 Å². The van der Waals surface area contributed by atoms with Gasteiger partial charge in [0.25, 0.3) is 0 Å². The molecule has 1 rings (SSSR count). The van der Waals surface area contributed by atoms with E-state index in [1.165, 1.54) is 0 Å². The Bertz CT molecular complexity index is 401. The molecule has 18 heavy (non-hydrogen) atoms. The van der Waals surface area contributed by atoms with Gasteiger partial charge < -0.3 is 15.8 Å². The van der Waals surface area contributed by atoms with Gasteiger partial charge in [0.15, 0.2) is 0 Å². The summed E-state index contributed by atoms with van der Waals surface area (Å²) >= 11 is 0. The predicted molar refractivity (Wildman–Crippen MR) is 69.1 cm³/mol. The molecule has 0 aliphatic rings. The molecule has 0 aliphatic heterocycles. The molecule has 1 unspecified atom stereocenters. The first-order valence-electron chi connectivity index (χ1n) is 5.91. The Morgan fingerprint density at radius 3 is 2.67 bits per heavy atom. The van der Waals surface area contributed by atoms with Gasteiger partial charge in [-0.2, -0.15) is 5.10 Å². The number of alkyl carbamates (subject to hydrolysis) is 1. The van der Waals surface area contributed by atoms with E-state index in [1.54, 1.807) is 10.9 Å². The third-order valence-corrected chi connectivity index (χ3v) is 2.39. The fraction of sp³-hybridized carbons (Fsp3) is 0.667. The molecule has 0 fully saturated rings. The van der Waals surface area contributed by atoms with E-state index in [0.29, 0.717) is 6.54 Å². The van der Waals surface area contributed by atoms with Crippen molar-refractivity contribution in [2.45, 2.75) is 39.3 Å². The van der Waals surface area contributed by atoms with Crippen LogP contribution in [0.25, 0.3) is 0 Å². The Kier molecular flexibility index (Phi) is 4.34. The first-order chi connectivity index (χ1) is 8.20. The molecular weight excluding hydrogens is 232 g/mol. The monoisotopic (exact) mass is 254 g/mol. The van der Waals surface area contributed by atoms with Crippen molar-refractivity contribution in [1.82, 2.24) is 15.1 Å². The van der Waals surface area contributed by atoms with E-state index in [4.69, 9.17) is 10.5 Å². The van der Waals surface area contributed by atoms with E-state index in [-0.39, 0.29) is 6.04 Å². The van der Waals surface area contributed by atoms with Gasteiger partial charge in [-0.1, -0.05) is 0 Å². The Labute approximate surface area is 107 Å². The van der Waals surface area contributed by atoms with Gasteiger partial charge in [0.05, 0.1) is 17.9 Å². The minimum Gasteiger partial charge on any atom is -0.444 e. The SMILES string of the molecule is Cc1cnn(C)c1C(N)CNC(=O)OC(C)(C)C. The third kappa shape index (κ3) is 4.03. The van der Waals surface area contributed by atoms with Crippen LogP contribution in [0.5, 0.6) is 0 Å². The van der Waals surface area contributed by atoms with Crippen LogP contribution in [0, 0.1) is 6.92 Å². The summed E-state index contributed by atoms with van der Waals surface area (Å²) in [6, 6.07) is -0.301. The molecule has 1 aromatic heterocycles. The second-order valence-corrected chi connectivity index (χ2v) is 5.33. The molecule has 0 aromatic carbocycles. The summed E-state index contributed by atoms with van der Waals surface area (Å²) in [5, 5.41) is 6.77. The summed E-state index contributed by atoms with van der Waals surface area (Å²) in [5.74, 6) is 0. The largest absolute Gasteiger partial charge is 0.444 e. The fourth-order valence-electron chi connectivity index (χ4n) is 1.69. The van der Waals surface area contributed by atoms with Crippen molar-refractivity contribution in [2.24, 2.45) is 12.8 Å². The second-order valence-electron chi connectivity index (χ2n) is 5.33. The number of amides is 1. The van der Waals surface area contributed by atoms with Crippen LogP contribution in [0.4, 0.5) is 4.79 Å². The van der Waals surface area contributed by atoms with Crippen LogP contribution < -0.4 is 11.1 Å². The molecule has 3 N–H and O–H groups in total. The Balaban J connectivity index is 2.52. The molecule has 1 amide bonds. The molecular formula is C12H22N4O2. The Hall–Kier alpha value is -1.56. The van der Waals surface area contributed by atoms with Crippen molar-refractivity contribution in [3.8, 4) is 0 Å². The van der Waals surface area contributed by atoms with Crippen molar-refractivity contribution < 1.29 is 9.53 Å². The van der Waals surface area contributed by atoms with Crippen molar-refractivity contribution in [3.05, 3.63) is 17.5 Å². The zero-order valence-corrected chi connectivity index (χ0v) is 11.7. The highest BCUT2D eigenvalue weighted by molar-refractivity contribution is 5.67. The number of nitrogens with one attached hydrogen (secondary N) is 1. The van der Waals surface area contributed by atoms with Gasteiger partial charge in [0.2, 0.25) is 0 Å². The Morgan fingerprint density at radius 1 is 1.61 bits per heavy atom. The summed E-state index contributed by atoms with van der Waals surface area (Å²) in [6.45, 7) is 7.71.